The second-order valence-corrected chi connectivity index (χ2v) is 10.4. The number of rotatable bonds is 3. The van der Waals surface area contributed by atoms with Crippen LogP contribution >= 0.6 is 11.8 Å². The molecule has 5 nitrogen and oxygen atoms in total. The molecule has 1 fully saturated rings. The predicted molar refractivity (Wildman–Crippen MR) is 135 cm³/mol. The van der Waals surface area contributed by atoms with E-state index in [1.54, 1.807) is 7.11 Å². The third-order valence-electron chi connectivity index (χ3n) is 6.72. The van der Waals surface area contributed by atoms with E-state index < -0.39 is 0 Å². The van der Waals surface area contributed by atoms with Gasteiger partial charge in [-0.05, 0) is 86.7 Å². The van der Waals surface area contributed by atoms with E-state index in [-0.39, 0.29) is 11.4 Å². The number of benzene rings is 2. The van der Waals surface area contributed by atoms with Gasteiger partial charge in [-0.25, -0.2) is 4.99 Å². The van der Waals surface area contributed by atoms with Gasteiger partial charge in [0, 0.05) is 29.9 Å². The molecular formula is C26H31N3O2S. The number of aryl methyl sites for hydroxylation is 1. The summed E-state index contributed by atoms with van der Waals surface area (Å²) in [5.74, 6) is 1.05. The van der Waals surface area contributed by atoms with E-state index in [2.05, 4.69) is 68.2 Å². The lowest BCUT2D eigenvalue weighted by Gasteiger charge is -2.45. The maximum absolute atomic E-state index is 12.7. The van der Waals surface area contributed by atoms with Crippen molar-refractivity contribution in [2.75, 3.05) is 19.1 Å². The Hall–Kier alpha value is -2.73. The SMILES string of the molecule is COc1cc2c(cc1/C=C1/SC(=Nc3cccc(C)c3C)NC1=O)C(C)CC(C)(C)N2C. The van der Waals surface area contributed by atoms with Crippen molar-refractivity contribution in [3.05, 3.63) is 57.5 Å². The van der Waals surface area contributed by atoms with Crippen molar-refractivity contribution >= 4 is 40.3 Å². The lowest BCUT2D eigenvalue weighted by atomic mass is 9.80. The van der Waals surface area contributed by atoms with Crippen LogP contribution in [0.1, 0.15) is 55.4 Å². The summed E-state index contributed by atoms with van der Waals surface area (Å²) >= 11 is 1.37. The largest absolute Gasteiger partial charge is 0.496 e. The van der Waals surface area contributed by atoms with Crippen LogP contribution in [-0.4, -0.2) is 30.8 Å². The standard InChI is InChI=1S/C26H31N3O2S/c1-15-9-8-10-20(17(15)3)27-25-28-24(30)23(32-25)12-18-11-19-16(2)14-26(4,5)29(6)21(19)13-22(18)31-7/h8-13,16H,14H2,1-7H3,(H,27,28,30)/b23-12+. The highest BCUT2D eigenvalue weighted by atomic mass is 32.2. The molecule has 32 heavy (non-hydrogen) atoms. The highest BCUT2D eigenvalue weighted by molar-refractivity contribution is 8.18. The first kappa shape index (κ1) is 22.5. The van der Waals surface area contributed by atoms with E-state index >= 15 is 0 Å². The van der Waals surface area contributed by atoms with Crippen molar-refractivity contribution in [2.45, 2.75) is 52.5 Å². The quantitative estimate of drug-likeness (QED) is 0.591. The van der Waals surface area contributed by atoms with Crippen LogP contribution in [0.25, 0.3) is 6.08 Å². The van der Waals surface area contributed by atoms with Crippen molar-refractivity contribution in [1.29, 1.82) is 0 Å². The predicted octanol–water partition coefficient (Wildman–Crippen LogP) is 5.93. The van der Waals surface area contributed by atoms with Crippen molar-refractivity contribution < 1.29 is 9.53 Å². The van der Waals surface area contributed by atoms with Crippen LogP contribution in [0.3, 0.4) is 0 Å². The summed E-state index contributed by atoms with van der Waals surface area (Å²) in [7, 11) is 3.81. The molecule has 0 bridgehead atoms. The van der Waals surface area contributed by atoms with E-state index in [9.17, 15) is 4.79 Å². The number of thioether (sulfide) groups is 1. The number of hydrogen-bond donors (Lipinski definition) is 1. The van der Waals surface area contributed by atoms with Gasteiger partial charge >= 0.3 is 0 Å². The topological polar surface area (TPSA) is 53.9 Å². The van der Waals surface area contributed by atoms with E-state index in [1.165, 1.54) is 28.6 Å². The van der Waals surface area contributed by atoms with Gasteiger partial charge in [0.2, 0.25) is 0 Å². The van der Waals surface area contributed by atoms with Crippen LogP contribution in [0.15, 0.2) is 40.2 Å². The van der Waals surface area contributed by atoms with E-state index in [1.807, 2.05) is 25.1 Å². The third kappa shape index (κ3) is 4.04. The molecule has 2 aliphatic rings. The zero-order chi connectivity index (χ0) is 23.2. The van der Waals surface area contributed by atoms with Crippen molar-refractivity contribution in [3.8, 4) is 5.75 Å². The average molecular weight is 450 g/mol. The van der Waals surface area contributed by atoms with Gasteiger partial charge in [0.05, 0.1) is 17.7 Å². The minimum Gasteiger partial charge on any atom is -0.496 e. The molecule has 0 aromatic heterocycles. The highest BCUT2D eigenvalue weighted by Gasteiger charge is 2.35. The molecule has 0 radical (unpaired) electrons. The van der Waals surface area contributed by atoms with Crippen LogP contribution in [0, 0.1) is 13.8 Å². The molecule has 1 unspecified atom stereocenters. The highest BCUT2D eigenvalue weighted by Crippen LogP contribution is 2.45. The zero-order valence-corrected chi connectivity index (χ0v) is 20.7. The van der Waals surface area contributed by atoms with Gasteiger partial charge in [0.15, 0.2) is 5.17 Å². The first-order valence-electron chi connectivity index (χ1n) is 10.9. The lowest BCUT2D eigenvalue weighted by Crippen LogP contribution is -2.45. The Balaban J connectivity index is 1.70. The van der Waals surface area contributed by atoms with Crippen LogP contribution in [0.5, 0.6) is 5.75 Å². The maximum Gasteiger partial charge on any atom is 0.264 e. The Morgan fingerprint density at radius 2 is 2.03 bits per heavy atom. The van der Waals surface area contributed by atoms with Crippen LogP contribution < -0.4 is 15.0 Å². The number of amides is 1. The fourth-order valence-electron chi connectivity index (χ4n) is 4.49. The molecule has 2 aromatic carbocycles. The molecule has 1 N–H and O–H groups in total. The van der Waals surface area contributed by atoms with Gasteiger partial charge in [-0.1, -0.05) is 19.1 Å². The monoisotopic (exact) mass is 449 g/mol. The smallest absolute Gasteiger partial charge is 0.264 e. The number of anilines is 1. The summed E-state index contributed by atoms with van der Waals surface area (Å²) in [6.07, 6.45) is 2.98. The van der Waals surface area contributed by atoms with Gasteiger partial charge in [-0.3, -0.25) is 4.79 Å². The number of nitrogens with zero attached hydrogens (tertiary/aromatic N) is 2. The maximum atomic E-state index is 12.7. The minimum absolute atomic E-state index is 0.0812. The minimum atomic E-state index is -0.134. The molecule has 2 aromatic rings. The van der Waals surface area contributed by atoms with Crippen molar-refractivity contribution in [2.24, 2.45) is 4.99 Å². The molecule has 168 valence electrons. The van der Waals surface area contributed by atoms with Gasteiger partial charge in [0.1, 0.15) is 5.75 Å². The molecule has 2 aliphatic heterocycles. The van der Waals surface area contributed by atoms with Crippen LogP contribution in [0.4, 0.5) is 11.4 Å². The normalized spacial score (nSPS) is 22.3. The Kier molecular flexibility index (Phi) is 5.84. The number of amidine groups is 1. The van der Waals surface area contributed by atoms with E-state index in [0.717, 1.165) is 29.0 Å². The zero-order valence-electron chi connectivity index (χ0n) is 19.9. The molecule has 0 spiro atoms. The number of carbonyl (C=O) groups excluding carboxylic acids is 1. The Morgan fingerprint density at radius 1 is 1.28 bits per heavy atom. The number of ether oxygens (including phenoxy) is 1. The second-order valence-electron chi connectivity index (χ2n) is 9.33. The van der Waals surface area contributed by atoms with Gasteiger partial charge in [0.25, 0.3) is 5.91 Å². The molecular weight excluding hydrogens is 418 g/mol. The first-order chi connectivity index (χ1) is 15.1. The molecule has 0 saturated carbocycles. The van der Waals surface area contributed by atoms with Crippen molar-refractivity contribution in [3.63, 3.8) is 0 Å². The lowest BCUT2D eigenvalue weighted by molar-refractivity contribution is -0.115. The molecule has 4 rings (SSSR count). The Morgan fingerprint density at radius 3 is 2.75 bits per heavy atom. The molecule has 1 saturated heterocycles. The van der Waals surface area contributed by atoms with Gasteiger partial charge < -0.3 is 15.0 Å². The van der Waals surface area contributed by atoms with Gasteiger partial charge in [-0.2, -0.15) is 0 Å². The first-order valence-corrected chi connectivity index (χ1v) is 11.7. The van der Waals surface area contributed by atoms with Crippen LogP contribution in [0.2, 0.25) is 0 Å². The number of nitrogens with one attached hydrogen (secondary N) is 1. The molecule has 1 amide bonds. The summed E-state index contributed by atoms with van der Waals surface area (Å²) < 4.78 is 5.72. The van der Waals surface area contributed by atoms with E-state index in [0.29, 0.717) is 16.0 Å². The number of methoxy groups -OCH3 is 1. The van der Waals surface area contributed by atoms with Crippen molar-refractivity contribution in [1.82, 2.24) is 5.32 Å². The van der Waals surface area contributed by atoms with Crippen LogP contribution in [-0.2, 0) is 4.79 Å². The molecule has 6 heteroatoms. The Bertz CT molecular complexity index is 1150. The fraction of sp³-hybridized carbons (Fsp3) is 0.385. The Labute approximate surface area is 194 Å². The second kappa shape index (κ2) is 8.32. The summed E-state index contributed by atoms with van der Waals surface area (Å²) in [5.41, 5.74) is 6.64. The van der Waals surface area contributed by atoms with E-state index in [4.69, 9.17) is 4.74 Å². The average Bonchev–Trinajstić information content (AvgIpc) is 3.08. The summed E-state index contributed by atoms with van der Waals surface area (Å²) in [6, 6.07) is 10.3. The fourth-order valence-corrected chi connectivity index (χ4v) is 5.31. The summed E-state index contributed by atoms with van der Waals surface area (Å²) in [6.45, 7) is 10.9. The number of carbonyl (C=O) groups is 1. The summed E-state index contributed by atoms with van der Waals surface area (Å²) in [5, 5.41) is 3.50. The molecule has 2 heterocycles. The van der Waals surface area contributed by atoms with Gasteiger partial charge in [-0.15, -0.1) is 0 Å². The number of hydrogen-bond acceptors (Lipinski definition) is 5. The molecule has 1 atom stereocenters. The number of aliphatic imine (C=N–C) groups is 1. The number of fused-ring (bicyclic) bond motifs is 1. The summed E-state index contributed by atoms with van der Waals surface area (Å²) in [4.78, 5) is 20.3. The third-order valence-corrected chi connectivity index (χ3v) is 7.63. The molecule has 0 aliphatic carbocycles.